The molecule has 1 saturated heterocycles. The van der Waals surface area contributed by atoms with Gasteiger partial charge in [0.15, 0.2) is 0 Å². The monoisotopic (exact) mass is 200 g/mol. The molecule has 1 fully saturated rings. The Morgan fingerprint density at radius 3 is 2.07 bits per heavy atom. The van der Waals surface area contributed by atoms with E-state index >= 15 is 0 Å². The zero-order valence-corrected chi connectivity index (χ0v) is 9.51. The Bertz CT molecular complexity index is 249. The third-order valence-electron chi connectivity index (χ3n) is 3.34. The summed E-state index contributed by atoms with van der Waals surface area (Å²) in [6, 6.07) is -0.0463. The smallest absolute Gasteiger partial charge is 0.404 e. The molecule has 1 aliphatic rings. The Balaban J connectivity index is 2.87. The van der Waals surface area contributed by atoms with Crippen LogP contribution in [0.3, 0.4) is 0 Å². The number of hydrogen-bond donors (Lipinski definition) is 3. The molecule has 0 aliphatic carbocycles. The molecule has 1 heterocycles. The van der Waals surface area contributed by atoms with Gasteiger partial charge in [0, 0.05) is 11.1 Å². The predicted molar refractivity (Wildman–Crippen MR) is 55.4 cm³/mol. The minimum Gasteiger partial charge on any atom is -0.465 e. The van der Waals surface area contributed by atoms with Crippen LogP contribution in [-0.2, 0) is 0 Å². The highest BCUT2D eigenvalue weighted by Gasteiger charge is 2.50. The fraction of sp³-hybridized carbons (Fsp3) is 0.900. The highest BCUT2D eigenvalue weighted by molar-refractivity contribution is 5.65. The van der Waals surface area contributed by atoms with Crippen molar-refractivity contribution in [3.05, 3.63) is 0 Å². The molecule has 1 amide bonds. The van der Waals surface area contributed by atoms with Crippen molar-refractivity contribution < 1.29 is 9.90 Å². The van der Waals surface area contributed by atoms with E-state index < -0.39 is 6.09 Å². The zero-order chi connectivity index (χ0) is 11.1. The van der Waals surface area contributed by atoms with E-state index in [9.17, 15) is 4.79 Å². The van der Waals surface area contributed by atoms with Crippen LogP contribution in [0.25, 0.3) is 0 Å². The van der Waals surface area contributed by atoms with E-state index in [1.54, 1.807) is 0 Å². The lowest BCUT2D eigenvalue weighted by molar-refractivity contribution is 0.180. The molecule has 1 rings (SSSR count). The van der Waals surface area contributed by atoms with E-state index in [4.69, 9.17) is 5.11 Å². The normalized spacial score (nSPS) is 34.1. The Morgan fingerprint density at radius 1 is 1.29 bits per heavy atom. The molecule has 4 nitrogen and oxygen atoms in total. The Kier molecular flexibility index (Phi) is 2.52. The Morgan fingerprint density at radius 2 is 1.79 bits per heavy atom. The maximum Gasteiger partial charge on any atom is 0.404 e. The lowest BCUT2D eigenvalue weighted by atomic mass is 9.84. The van der Waals surface area contributed by atoms with Crippen LogP contribution in [0.4, 0.5) is 4.79 Å². The maximum absolute atomic E-state index is 10.7. The minimum absolute atomic E-state index is 0.0311. The standard InChI is InChI=1S/C10H20N2O2/c1-6-7(11-8(13)14)10(4,5)12-9(6,2)3/h6-7,11-12H,1-5H3,(H,13,14). The number of carbonyl (C=O) groups is 1. The first-order valence-corrected chi connectivity index (χ1v) is 4.95. The van der Waals surface area contributed by atoms with E-state index in [-0.39, 0.29) is 23.0 Å². The third-order valence-corrected chi connectivity index (χ3v) is 3.34. The predicted octanol–water partition coefficient (Wildman–Crippen LogP) is 1.42. The van der Waals surface area contributed by atoms with Crippen molar-refractivity contribution in [3.8, 4) is 0 Å². The van der Waals surface area contributed by atoms with Crippen molar-refractivity contribution in [2.24, 2.45) is 5.92 Å². The maximum atomic E-state index is 10.7. The second-order valence-corrected chi connectivity index (χ2v) is 5.28. The Hall–Kier alpha value is -0.770. The van der Waals surface area contributed by atoms with Crippen molar-refractivity contribution in [2.45, 2.75) is 51.7 Å². The molecular formula is C10H20N2O2. The summed E-state index contributed by atoms with van der Waals surface area (Å²) in [5.74, 6) is 0.272. The fourth-order valence-corrected chi connectivity index (χ4v) is 2.50. The van der Waals surface area contributed by atoms with Crippen molar-refractivity contribution in [1.29, 1.82) is 0 Å². The molecule has 0 aromatic carbocycles. The van der Waals surface area contributed by atoms with Crippen molar-refractivity contribution >= 4 is 6.09 Å². The van der Waals surface area contributed by atoms with Gasteiger partial charge in [0.1, 0.15) is 0 Å². The van der Waals surface area contributed by atoms with Gasteiger partial charge < -0.3 is 15.7 Å². The second-order valence-electron chi connectivity index (χ2n) is 5.28. The van der Waals surface area contributed by atoms with Gasteiger partial charge in [-0.05, 0) is 33.6 Å². The fourth-order valence-electron chi connectivity index (χ4n) is 2.50. The molecule has 2 atom stereocenters. The summed E-state index contributed by atoms with van der Waals surface area (Å²) in [4.78, 5) is 10.7. The van der Waals surface area contributed by atoms with Gasteiger partial charge >= 0.3 is 6.09 Å². The molecule has 0 bridgehead atoms. The van der Waals surface area contributed by atoms with Crippen LogP contribution >= 0.6 is 0 Å². The first-order chi connectivity index (χ1) is 6.17. The lowest BCUT2D eigenvalue weighted by Gasteiger charge is -2.28. The molecule has 3 N–H and O–H groups in total. The number of amides is 1. The van der Waals surface area contributed by atoms with E-state index in [2.05, 4.69) is 31.4 Å². The van der Waals surface area contributed by atoms with Gasteiger partial charge in [0.05, 0.1) is 6.04 Å². The van der Waals surface area contributed by atoms with Crippen LogP contribution in [0.2, 0.25) is 0 Å². The molecule has 1 aliphatic heterocycles. The summed E-state index contributed by atoms with van der Waals surface area (Å²) in [5, 5.41) is 14.8. The minimum atomic E-state index is -0.950. The molecule has 0 aromatic rings. The molecular weight excluding hydrogens is 180 g/mol. The second kappa shape index (κ2) is 3.12. The first-order valence-electron chi connectivity index (χ1n) is 4.95. The molecule has 82 valence electrons. The number of carboxylic acid groups (broad SMARTS) is 1. The van der Waals surface area contributed by atoms with E-state index in [1.807, 2.05) is 13.8 Å². The third kappa shape index (κ3) is 1.85. The highest BCUT2D eigenvalue weighted by Crippen LogP contribution is 2.35. The van der Waals surface area contributed by atoms with Gasteiger partial charge in [-0.3, -0.25) is 0 Å². The average molecular weight is 200 g/mol. The summed E-state index contributed by atoms with van der Waals surface area (Å²) in [6.45, 7) is 10.3. The highest BCUT2D eigenvalue weighted by atomic mass is 16.4. The topological polar surface area (TPSA) is 61.4 Å². The molecule has 0 radical (unpaired) electrons. The van der Waals surface area contributed by atoms with E-state index in [1.165, 1.54) is 0 Å². The summed E-state index contributed by atoms with van der Waals surface area (Å²) in [6.07, 6.45) is -0.950. The van der Waals surface area contributed by atoms with Crippen LogP contribution < -0.4 is 10.6 Å². The van der Waals surface area contributed by atoms with E-state index in [0.29, 0.717) is 0 Å². The van der Waals surface area contributed by atoms with Crippen LogP contribution in [0.5, 0.6) is 0 Å². The largest absolute Gasteiger partial charge is 0.465 e. The SMILES string of the molecule is CC1C(NC(=O)O)C(C)(C)NC1(C)C. The molecule has 2 unspecified atom stereocenters. The summed E-state index contributed by atoms with van der Waals surface area (Å²) in [5.41, 5.74) is -0.224. The van der Waals surface area contributed by atoms with Crippen molar-refractivity contribution in [1.82, 2.24) is 10.6 Å². The summed E-state index contributed by atoms with van der Waals surface area (Å²) < 4.78 is 0. The Labute approximate surface area is 85.1 Å². The van der Waals surface area contributed by atoms with Gasteiger partial charge in [-0.15, -0.1) is 0 Å². The van der Waals surface area contributed by atoms with Crippen LogP contribution in [-0.4, -0.2) is 28.3 Å². The molecule has 4 heteroatoms. The zero-order valence-electron chi connectivity index (χ0n) is 9.51. The lowest BCUT2D eigenvalue weighted by Crippen LogP contribution is -2.52. The molecule has 0 spiro atoms. The van der Waals surface area contributed by atoms with Gasteiger partial charge in [-0.1, -0.05) is 6.92 Å². The first kappa shape index (κ1) is 11.3. The number of nitrogens with one attached hydrogen (secondary N) is 2. The number of hydrogen-bond acceptors (Lipinski definition) is 2. The molecule has 0 aromatic heterocycles. The van der Waals surface area contributed by atoms with E-state index in [0.717, 1.165) is 0 Å². The van der Waals surface area contributed by atoms with Gasteiger partial charge in [0.2, 0.25) is 0 Å². The van der Waals surface area contributed by atoms with Crippen LogP contribution in [0.1, 0.15) is 34.6 Å². The van der Waals surface area contributed by atoms with Crippen LogP contribution in [0.15, 0.2) is 0 Å². The van der Waals surface area contributed by atoms with Crippen molar-refractivity contribution in [2.75, 3.05) is 0 Å². The molecule has 0 saturated carbocycles. The number of rotatable bonds is 1. The summed E-state index contributed by atoms with van der Waals surface area (Å²) in [7, 11) is 0. The van der Waals surface area contributed by atoms with Crippen LogP contribution in [0, 0.1) is 5.92 Å². The quantitative estimate of drug-likeness (QED) is 0.600. The van der Waals surface area contributed by atoms with Crippen molar-refractivity contribution in [3.63, 3.8) is 0 Å². The summed E-state index contributed by atoms with van der Waals surface area (Å²) >= 11 is 0. The molecule has 14 heavy (non-hydrogen) atoms. The average Bonchev–Trinajstić information content (AvgIpc) is 2.08. The van der Waals surface area contributed by atoms with Gasteiger partial charge in [-0.2, -0.15) is 0 Å². The van der Waals surface area contributed by atoms with Gasteiger partial charge in [-0.25, -0.2) is 4.79 Å². The van der Waals surface area contributed by atoms with Gasteiger partial charge in [0.25, 0.3) is 0 Å².